The van der Waals surface area contributed by atoms with Crippen molar-refractivity contribution in [2.24, 2.45) is 0 Å². The van der Waals surface area contributed by atoms with Crippen molar-refractivity contribution in [3.05, 3.63) is 59.7 Å². The number of hydrogen-bond acceptors (Lipinski definition) is 3. The Bertz CT molecular complexity index is 610. The first-order valence-corrected chi connectivity index (χ1v) is 6.50. The van der Waals surface area contributed by atoms with Crippen molar-refractivity contribution >= 4 is 11.8 Å². The van der Waals surface area contributed by atoms with E-state index in [1.807, 2.05) is 43.3 Å². The fourth-order valence-electron chi connectivity index (χ4n) is 1.87. The van der Waals surface area contributed by atoms with E-state index in [1.165, 1.54) is 5.56 Å². The van der Waals surface area contributed by atoms with E-state index in [4.69, 9.17) is 4.74 Å². The molecule has 0 heterocycles. The Balaban J connectivity index is 2.20. The van der Waals surface area contributed by atoms with Gasteiger partial charge in [-0.1, -0.05) is 54.1 Å². The number of benzene rings is 2. The van der Waals surface area contributed by atoms with Crippen molar-refractivity contribution < 1.29 is 14.3 Å². The highest BCUT2D eigenvalue weighted by molar-refractivity contribution is 6.40. The van der Waals surface area contributed by atoms with Gasteiger partial charge < -0.3 is 4.74 Å². The summed E-state index contributed by atoms with van der Waals surface area (Å²) >= 11 is 0. The lowest BCUT2D eigenvalue weighted by atomic mass is 10.0. The number of aryl methyl sites for hydroxylation is 1. The number of rotatable bonds is 4. The average Bonchev–Trinajstić information content (AvgIpc) is 2.48. The van der Waals surface area contributed by atoms with E-state index in [-0.39, 0.29) is 6.61 Å². The van der Waals surface area contributed by atoms with Crippen LogP contribution in [0.4, 0.5) is 0 Å². The first kappa shape index (κ1) is 14.0. The highest BCUT2D eigenvalue weighted by Gasteiger charge is 2.16. The summed E-state index contributed by atoms with van der Waals surface area (Å²) in [5.74, 6) is -1.42. The minimum Gasteiger partial charge on any atom is -0.460 e. The molecule has 0 atom stereocenters. The van der Waals surface area contributed by atoms with Crippen LogP contribution in [-0.4, -0.2) is 18.4 Å². The van der Waals surface area contributed by atoms with Gasteiger partial charge in [-0.15, -0.1) is 0 Å². The lowest BCUT2D eigenvalue weighted by Gasteiger charge is -2.04. The molecule has 0 saturated carbocycles. The molecule has 0 unspecified atom stereocenters. The largest absolute Gasteiger partial charge is 0.460 e. The van der Waals surface area contributed by atoms with E-state index in [0.29, 0.717) is 5.56 Å². The van der Waals surface area contributed by atoms with Crippen LogP contribution in [0.25, 0.3) is 11.1 Å². The van der Waals surface area contributed by atoms with Crippen LogP contribution in [-0.2, 0) is 9.53 Å². The molecule has 0 bridgehead atoms. The van der Waals surface area contributed by atoms with Crippen LogP contribution in [0.15, 0.2) is 48.5 Å². The van der Waals surface area contributed by atoms with E-state index in [2.05, 4.69) is 0 Å². The molecule has 0 radical (unpaired) electrons. The highest BCUT2D eigenvalue weighted by atomic mass is 16.5. The van der Waals surface area contributed by atoms with Crippen molar-refractivity contribution in [3.63, 3.8) is 0 Å². The van der Waals surface area contributed by atoms with Gasteiger partial charge in [-0.2, -0.15) is 0 Å². The Morgan fingerprint density at radius 1 is 0.900 bits per heavy atom. The lowest BCUT2D eigenvalue weighted by molar-refractivity contribution is -0.137. The molecule has 0 aliphatic heterocycles. The standard InChI is InChI=1S/C17H16O3/c1-3-20-17(19)16(18)15-10-8-14(9-11-15)13-6-4-12(2)5-7-13/h4-11H,3H2,1-2H3. The molecule has 0 saturated heterocycles. The summed E-state index contributed by atoms with van der Waals surface area (Å²) in [5, 5.41) is 0. The Morgan fingerprint density at radius 3 is 1.90 bits per heavy atom. The third-order valence-electron chi connectivity index (χ3n) is 2.99. The molecule has 102 valence electrons. The van der Waals surface area contributed by atoms with Gasteiger partial charge in [0.2, 0.25) is 0 Å². The topological polar surface area (TPSA) is 43.4 Å². The van der Waals surface area contributed by atoms with Gasteiger partial charge in [0, 0.05) is 5.56 Å². The normalized spacial score (nSPS) is 10.1. The lowest BCUT2D eigenvalue weighted by Crippen LogP contribution is -2.17. The van der Waals surface area contributed by atoms with Crippen molar-refractivity contribution in [1.29, 1.82) is 0 Å². The predicted octanol–water partition coefficient (Wildman–Crippen LogP) is 3.41. The molecule has 0 N–H and O–H groups in total. The molecule has 2 aromatic rings. The highest BCUT2D eigenvalue weighted by Crippen LogP contribution is 2.20. The summed E-state index contributed by atoms with van der Waals surface area (Å²) in [5.41, 5.74) is 3.62. The van der Waals surface area contributed by atoms with Crippen molar-refractivity contribution in [1.82, 2.24) is 0 Å². The molecule has 20 heavy (non-hydrogen) atoms. The van der Waals surface area contributed by atoms with Crippen LogP contribution in [0.1, 0.15) is 22.8 Å². The van der Waals surface area contributed by atoms with E-state index < -0.39 is 11.8 Å². The molecule has 0 aromatic heterocycles. The third-order valence-corrected chi connectivity index (χ3v) is 2.99. The van der Waals surface area contributed by atoms with Crippen molar-refractivity contribution in [2.45, 2.75) is 13.8 Å². The molecule has 0 amide bonds. The number of ketones is 1. The maximum atomic E-state index is 11.8. The summed E-state index contributed by atoms with van der Waals surface area (Å²) in [6, 6.07) is 15.1. The maximum Gasteiger partial charge on any atom is 0.379 e. The Hall–Kier alpha value is -2.42. The molecular weight excluding hydrogens is 252 g/mol. The van der Waals surface area contributed by atoms with Gasteiger partial charge in [0.25, 0.3) is 5.78 Å². The molecule has 0 spiro atoms. The smallest absolute Gasteiger partial charge is 0.379 e. The SMILES string of the molecule is CCOC(=O)C(=O)c1ccc(-c2ccc(C)cc2)cc1. The van der Waals surface area contributed by atoms with Crippen molar-refractivity contribution in [2.75, 3.05) is 6.61 Å². The van der Waals surface area contributed by atoms with Gasteiger partial charge in [0.1, 0.15) is 0 Å². The monoisotopic (exact) mass is 268 g/mol. The fraction of sp³-hybridized carbons (Fsp3) is 0.176. The van der Waals surface area contributed by atoms with Gasteiger partial charge in [-0.25, -0.2) is 4.79 Å². The van der Waals surface area contributed by atoms with Crippen LogP contribution >= 0.6 is 0 Å². The third kappa shape index (κ3) is 3.12. The minimum absolute atomic E-state index is 0.200. The van der Waals surface area contributed by atoms with E-state index in [1.54, 1.807) is 19.1 Å². The minimum atomic E-state index is -0.810. The first-order chi connectivity index (χ1) is 9.61. The van der Waals surface area contributed by atoms with Crippen LogP contribution in [0.3, 0.4) is 0 Å². The van der Waals surface area contributed by atoms with Crippen LogP contribution in [0, 0.1) is 6.92 Å². The number of hydrogen-bond donors (Lipinski definition) is 0. The summed E-state index contributed by atoms with van der Waals surface area (Å²) in [7, 11) is 0. The maximum absolute atomic E-state index is 11.8. The first-order valence-electron chi connectivity index (χ1n) is 6.50. The molecule has 0 aliphatic carbocycles. The van der Waals surface area contributed by atoms with E-state index >= 15 is 0 Å². The van der Waals surface area contributed by atoms with E-state index in [9.17, 15) is 9.59 Å². The van der Waals surface area contributed by atoms with Gasteiger partial charge in [-0.05, 0) is 25.0 Å². The summed E-state index contributed by atoms with van der Waals surface area (Å²) in [4.78, 5) is 23.1. The number of ether oxygens (including phenoxy) is 1. The zero-order chi connectivity index (χ0) is 14.5. The zero-order valence-electron chi connectivity index (χ0n) is 11.6. The number of carbonyl (C=O) groups is 2. The molecule has 3 heteroatoms. The average molecular weight is 268 g/mol. The molecule has 2 aromatic carbocycles. The summed E-state index contributed by atoms with van der Waals surface area (Å²) in [6.45, 7) is 3.91. The number of Topliss-reactive ketones (excluding diaryl/α,β-unsaturated/α-hetero) is 1. The second-order valence-corrected chi connectivity index (χ2v) is 4.49. The second kappa shape index (κ2) is 6.15. The molecule has 0 fully saturated rings. The summed E-state index contributed by atoms with van der Waals surface area (Å²) < 4.78 is 4.70. The van der Waals surface area contributed by atoms with Crippen LogP contribution in [0.2, 0.25) is 0 Å². The Morgan fingerprint density at radius 2 is 1.40 bits per heavy atom. The predicted molar refractivity (Wildman–Crippen MR) is 77.6 cm³/mol. The Labute approximate surface area is 118 Å². The second-order valence-electron chi connectivity index (χ2n) is 4.49. The molecule has 3 nitrogen and oxygen atoms in total. The molecule has 0 aliphatic rings. The van der Waals surface area contributed by atoms with Crippen molar-refractivity contribution in [3.8, 4) is 11.1 Å². The zero-order valence-corrected chi connectivity index (χ0v) is 11.6. The van der Waals surface area contributed by atoms with Gasteiger partial charge in [0.05, 0.1) is 6.61 Å². The fourth-order valence-corrected chi connectivity index (χ4v) is 1.87. The van der Waals surface area contributed by atoms with E-state index in [0.717, 1.165) is 11.1 Å². The number of carbonyl (C=O) groups excluding carboxylic acids is 2. The Kier molecular flexibility index (Phi) is 4.31. The van der Waals surface area contributed by atoms with Gasteiger partial charge >= 0.3 is 5.97 Å². The van der Waals surface area contributed by atoms with Crippen LogP contribution in [0.5, 0.6) is 0 Å². The van der Waals surface area contributed by atoms with Gasteiger partial charge in [-0.3, -0.25) is 4.79 Å². The number of esters is 1. The van der Waals surface area contributed by atoms with Gasteiger partial charge in [0.15, 0.2) is 0 Å². The molecule has 2 rings (SSSR count). The van der Waals surface area contributed by atoms with Crippen LogP contribution < -0.4 is 0 Å². The molecular formula is C17H16O3. The summed E-state index contributed by atoms with van der Waals surface area (Å²) in [6.07, 6.45) is 0. The quantitative estimate of drug-likeness (QED) is 0.485.